The molecule has 1 aliphatic heterocycles. The number of nitrogens with zero attached hydrogens (tertiary/aromatic N) is 5. The molecule has 0 saturated heterocycles. The van der Waals surface area contributed by atoms with E-state index in [1.54, 1.807) is 24.5 Å². The molecule has 1 aliphatic rings. The monoisotopic (exact) mass is 425 g/mol. The highest BCUT2D eigenvalue weighted by Gasteiger charge is 2.17. The maximum atomic E-state index is 12.3. The van der Waals surface area contributed by atoms with Crippen LogP contribution in [0, 0.1) is 0 Å². The Morgan fingerprint density at radius 2 is 1.86 bits per heavy atom. The number of anilines is 1. The van der Waals surface area contributed by atoms with Crippen molar-refractivity contribution in [2.45, 2.75) is 12.7 Å². The molecule has 3 rings (SSSR count). The van der Waals surface area contributed by atoms with E-state index in [1.807, 2.05) is 0 Å². The lowest BCUT2D eigenvalue weighted by molar-refractivity contribution is -0.0498. The van der Waals surface area contributed by atoms with Crippen LogP contribution in [0.25, 0.3) is 0 Å². The molecule has 29 heavy (non-hydrogen) atoms. The topological polar surface area (TPSA) is 130 Å². The zero-order valence-electron chi connectivity index (χ0n) is 15.2. The summed E-state index contributed by atoms with van der Waals surface area (Å²) in [5.41, 5.74) is 1.93. The number of sulfonamides is 1. The minimum atomic E-state index is -3.45. The summed E-state index contributed by atoms with van der Waals surface area (Å²) in [4.78, 5) is 8.40. The first kappa shape index (κ1) is 20.7. The van der Waals surface area contributed by atoms with Gasteiger partial charge in [0.15, 0.2) is 0 Å². The molecule has 0 radical (unpaired) electrons. The lowest BCUT2D eigenvalue weighted by Gasteiger charge is -2.20. The summed E-state index contributed by atoms with van der Waals surface area (Å²) in [7, 11) is -3.45. The molecule has 1 aromatic carbocycles. The van der Waals surface area contributed by atoms with Gasteiger partial charge in [0.2, 0.25) is 16.0 Å². The molecule has 13 heteroatoms. The van der Waals surface area contributed by atoms with Gasteiger partial charge in [0, 0.05) is 24.5 Å². The molecule has 1 aromatic heterocycles. The Morgan fingerprint density at radius 3 is 2.41 bits per heavy atom. The van der Waals surface area contributed by atoms with E-state index in [1.165, 1.54) is 12.1 Å². The number of ether oxygens (including phenoxy) is 1. The van der Waals surface area contributed by atoms with Crippen LogP contribution in [0.5, 0.6) is 5.75 Å². The minimum Gasteiger partial charge on any atom is -0.435 e. The van der Waals surface area contributed by atoms with Gasteiger partial charge in [-0.15, -0.1) is 5.10 Å². The van der Waals surface area contributed by atoms with Gasteiger partial charge in [-0.3, -0.25) is 0 Å². The van der Waals surface area contributed by atoms with Gasteiger partial charge in [-0.1, -0.05) is 12.1 Å². The van der Waals surface area contributed by atoms with Gasteiger partial charge < -0.3 is 10.1 Å². The fourth-order valence-electron chi connectivity index (χ4n) is 2.44. The Balaban J connectivity index is 1.76. The highest BCUT2D eigenvalue weighted by Crippen LogP contribution is 2.22. The molecule has 2 aromatic rings. The SMILES string of the molecule is CS(=O)(=O)NCC(Nc1ncc(C2=NN=NC2)cn1)c1ccc(OC(F)F)cc1. The third-order valence-corrected chi connectivity index (χ3v) is 4.49. The summed E-state index contributed by atoms with van der Waals surface area (Å²) in [5, 5.41) is 14.2. The van der Waals surface area contributed by atoms with Crippen molar-refractivity contribution in [3.63, 3.8) is 0 Å². The largest absolute Gasteiger partial charge is 0.435 e. The number of nitrogens with one attached hydrogen (secondary N) is 2. The van der Waals surface area contributed by atoms with E-state index in [-0.39, 0.29) is 18.2 Å². The van der Waals surface area contributed by atoms with Crippen molar-refractivity contribution in [3.8, 4) is 5.75 Å². The summed E-state index contributed by atoms with van der Waals surface area (Å²) >= 11 is 0. The molecule has 2 N–H and O–H groups in total. The summed E-state index contributed by atoms with van der Waals surface area (Å²) in [6.07, 6.45) is 4.13. The Kier molecular flexibility index (Phi) is 6.39. The normalized spacial score (nSPS) is 14.7. The number of aromatic nitrogens is 2. The van der Waals surface area contributed by atoms with Gasteiger partial charge in [0.1, 0.15) is 12.3 Å². The van der Waals surface area contributed by atoms with E-state index in [0.717, 1.165) is 6.26 Å². The van der Waals surface area contributed by atoms with Gasteiger partial charge in [-0.25, -0.2) is 23.1 Å². The van der Waals surface area contributed by atoms with Crippen LogP contribution in [-0.4, -0.2) is 50.1 Å². The van der Waals surface area contributed by atoms with Crippen LogP contribution in [0.2, 0.25) is 0 Å². The standard InChI is InChI=1S/C16H17F2N7O3S/c1-29(26,27)22-9-13(10-2-4-12(5-3-10)28-15(17)18)23-16-19-6-11(7-20-16)14-8-21-25-24-14/h2-7,13,15,22H,8-9H2,1H3,(H,19,20,23). The van der Waals surface area contributed by atoms with Crippen LogP contribution < -0.4 is 14.8 Å². The molecule has 10 nitrogen and oxygen atoms in total. The molecular formula is C16H17F2N7O3S. The van der Waals surface area contributed by atoms with E-state index in [9.17, 15) is 17.2 Å². The third-order valence-electron chi connectivity index (χ3n) is 3.79. The van der Waals surface area contributed by atoms with Gasteiger partial charge in [0.05, 0.1) is 18.0 Å². The van der Waals surface area contributed by atoms with Crippen LogP contribution in [-0.2, 0) is 10.0 Å². The van der Waals surface area contributed by atoms with Crippen LogP contribution in [0.1, 0.15) is 17.2 Å². The maximum Gasteiger partial charge on any atom is 0.387 e. The second-order valence-corrected chi connectivity index (χ2v) is 7.83. The smallest absolute Gasteiger partial charge is 0.387 e. The van der Waals surface area contributed by atoms with Gasteiger partial charge in [-0.2, -0.15) is 13.9 Å². The average Bonchev–Trinajstić information content (AvgIpc) is 3.20. The second kappa shape index (κ2) is 8.96. The van der Waals surface area contributed by atoms with E-state index < -0.39 is 22.7 Å². The Morgan fingerprint density at radius 1 is 1.17 bits per heavy atom. The Labute approximate surface area is 165 Å². The molecule has 1 atom stereocenters. The molecule has 0 bridgehead atoms. The molecule has 0 fully saturated rings. The number of halogens is 2. The van der Waals surface area contributed by atoms with E-state index in [2.05, 4.69) is 40.2 Å². The molecule has 0 spiro atoms. The first-order valence-electron chi connectivity index (χ1n) is 8.32. The number of hydrogen-bond acceptors (Lipinski definition) is 9. The minimum absolute atomic E-state index is 0.00709. The highest BCUT2D eigenvalue weighted by molar-refractivity contribution is 7.88. The highest BCUT2D eigenvalue weighted by atomic mass is 32.2. The van der Waals surface area contributed by atoms with Crippen molar-refractivity contribution < 1.29 is 21.9 Å². The predicted molar refractivity (Wildman–Crippen MR) is 101 cm³/mol. The van der Waals surface area contributed by atoms with Crippen LogP contribution in [0.15, 0.2) is 52.1 Å². The van der Waals surface area contributed by atoms with Crippen molar-refractivity contribution in [1.82, 2.24) is 14.7 Å². The van der Waals surface area contributed by atoms with Crippen LogP contribution in [0.4, 0.5) is 14.7 Å². The Hall–Kier alpha value is -3.06. The van der Waals surface area contributed by atoms with E-state index in [0.29, 0.717) is 23.4 Å². The lowest BCUT2D eigenvalue weighted by Crippen LogP contribution is -2.31. The molecular weight excluding hydrogens is 408 g/mol. The maximum absolute atomic E-state index is 12.3. The summed E-state index contributed by atoms with van der Waals surface area (Å²) in [5.74, 6) is 0.238. The van der Waals surface area contributed by atoms with E-state index >= 15 is 0 Å². The molecule has 154 valence electrons. The lowest BCUT2D eigenvalue weighted by atomic mass is 10.1. The van der Waals surface area contributed by atoms with Crippen LogP contribution in [0.3, 0.4) is 0 Å². The summed E-state index contributed by atoms with van der Waals surface area (Å²) in [6.45, 7) is -2.59. The van der Waals surface area contributed by atoms with Crippen molar-refractivity contribution >= 4 is 21.7 Å². The number of benzene rings is 1. The van der Waals surface area contributed by atoms with Gasteiger partial charge >= 0.3 is 6.61 Å². The summed E-state index contributed by atoms with van der Waals surface area (Å²) in [6, 6.07) is 5.26. The Bertz CT molecular complexity index is 996. The molecule has 1 unspecified atom stereocenters. The quantitative estimate of drug-likeness (QED) is 0.632. The van der Waals surface area contributed by atoms with Crippen molar-refractivity contribution in [3.05, 3.63) is 47.8 Å². The number of alkyl halides is 2. The van der Waals surface area contributed by atoms with Crippen LogP contribution >= 0.6 is 0 Å². The predicted octanol–water partition coefficient (Wildman–Crippen LogP) is 1.95. The number of hydrogen-bond donors (Lipinski definition) is 2. The fourth-order valence-corrected chi connectivity index (χ4v) is 2.91. The zero-order valence-corrected chi connectivity index (χ0v) is 16.0. The van der Waals surface area contributed by atoms with E-state index in [4.69, 9.17) is 0 Å². The first-order valence-corrected chi connectivity index (χ1v) is 10.2. The van der Waals surface area contributed by atoms with Crippen molar-refractivity contribution in [2.75, 3.05) is 24.7 Å². The molecule has 0 saturated carbocycles. The van der Waals surface area contributed by atoms with Crippen molar-refractivity contribution in [1.29, 1.82) is 0 Å². The van der Waals surface area contributed by atoms with Gasteiger partial charge in [-0.05, 0) is 22.9 Å². The van der Waals surface area contributed by atoms with Crippen molar-refractivity contribution in [2.24, 2.45) is 15.4 Å². The molecule has 0 aliphatic carbocycles. The zero-order chi connectivity index (χ0) is 20.9. The van der Waals surface area contributed by atoms with Gasteiger partial charge in [0.25, 0.3) is 0 Å². The third kappa shape index (κ3) is 6.22. The molecule has 0 amide bonds. The molecule has 2 heterocycles. The second-order valence-electron chi connectivity index (χ2n) is 6.00. The average molecular weight is 425 g/mol. The summed E-state index contributed by atoms with van der Waals surface area (Å²) < 4.78 is 54.3. The first-order chi connectivity index (χ1) is 13.8. The fraction of sp³-hybridized carbons (Fsp3) is 0.312. The number of rotatable bonds is 9.